The van der Waals surface area contributed by atoms with E-state index in [-0.39, 0.29) is 30.4 Å². The average molecular weight is 532 g/mol. The van der Waals surface area contributed by atoms with E-state index in [0.29, 0.717) is 31.1 Å². The minimum absolute atomic E-state index is 0.00363. The van der Waals surface area contributed by atoms with Crippen molar-refractivity contribution in [1.29, 1.82) is 0 Å². The van der Waals surface area contributed by atoms with Crippen molar-refractivity contribution in [2.45, 2.75) is 19.8 Å². The molecule has 0 spiro atoms. The van der Waals surface area contributed by atoms with Gasteiger partial charge in [0.2, 0.25) is 0 Å². The molecule has 0 radical (unpaired) electrons. The number of halogens is 3. The lowest BCUT2D eigenvalue weighted by Crippen LogP contribution is -2.35. The number of ether oxygens (including phenoxy) is 3. The Hall–Kier alpha value is -2.81. The fourth-order valence-corrected chi connectivity index (χ4v) is 4.01. The Bertz CT molecular complexity index is 1120. The zero-order valence-electron chi connectivity index (χ0n) is 18.4. The molecule has 5 nitrogen and oxygen atoms in total. The molecule has 178 valence electrons. The van der Waals surface area contributed by atoms with Gasteiger partial charge in [-0.25, -0.2) is 13.6 Å². The summed E-state index contributed by atoms with van der Waals surface area (Å²) >= 11 is 3.58. The van der Waals surface area contributed by atoms with Crippen LogP contribution in [0.3, 0.4) is 0 Å². The number of rotatable bonds is 8. The summed E-state index contributed by atoms with van der Waals surface area (Å²) in [7, 11) is 0. The minimum Gasteiger partial charge on any atom is -0.488 e. The molecule has 0 saturated carbocycles. The molecule has 1 fully saturated rings. The van der Waals surface area contributed by atoms with E-state index in [1.807, 2.05) is 6.07 Å². The third-order valence-corrected chi connectivity index (χ3v) is 6.20. The molecule has 1 heterocycles. The maximum atomic E-state index is 13.2. The largest absolute Gasteiger partial charge is 0.488 e. The molecular weight excluding hydrogens is 508 g/mol. The summed E-state index contributed by atoms with van der Waals surface area (Å²) < 4.78 is 44.0. The topological polar surface area (TPSA) is 48.0 Å². The number of hydrogen-bond donors (Lipinski definition) is 0. The lowest BCUT2D eigenvalue weighted by molar-refractivity contribution is 0.0340. The van der Waals surface area contributed by atoms with Crippen molar-refractivity contribution in [3.05, 3.63) is 99.0 Å². The first-order valence-electron chi connectivity index (χ1n) is 10.9. The number of carbonyl (C=O) groups is 1. The first-order chi connectivity index (χ1) is 16.5. The fourth-order valence-electron chi connectivity index (χ4n) is 3.54. The van der Waals surface area contributed by atoms with E-state index >= 15 is 0 Å². The highest BCUT2D eigenvalue weighted by Crippen LogP contribution is 2.30. The van der Waals surface area contributed by atoms with Gasteiger partial charge in [0.1, 0.15) is 36.2 Å². The van der Waals surface area contributed by atoms with E-state index < -0.39 is 5.97 Å². The van der Waals surface area contributed by atoms with Crippen molar-refractivity contribution in [1.82, 2.24) is 4.90 Å². The van der Waals surface area contributed by atoms with Crippen LogP contribution in [-0.4, -0.2) is 37.2 Å². The zero-order valence-corrected chi connectivity index (χ0v) is 20.0. The molecule has 1 aliphatic heterocycles. The van der Waals surface area contributed by atoms with E-state index in [2.05, 4.69) is 20.8 Å². The molecule has 0 unspecified atom stereocenters. The second-order valence-corrected chi connectivity index (χ2v) is 8.80. The number of benzene rings is 3. The maximum absolute atomic E-state index is 13.2. The number of nitrogens with zero attached hydrogens (tertiary/aromatic N) is 1. The van der Waals surface area contributed by atoms with Gasteiger partial charge >= 0.3 is 5.97 Å². The first kappa shape index (κ1) is 24.3. The summed E-state index contributed by atoms with van der Waals surface area (Å²) in [5, 5.41) is 0. The third-order valence-electron chi connectivity index (χ3n) is 5.46. The molecule has 0 bridgehead atoms. The molecule has 0 aliphatic carbocycles. The van der Waals surface area contributed by atoms with Gasteiger partial charge in [0.15, 0.2) is 0 Å². The van der Waals surface area contributed by atoms with Gasteiger partial charge in [-0.3, -0.25) is 4.90 Å². The van der Waals surface area contributed by atoms with Gasteiger partial charge < -0.3 is 14.2 Å². The van der Waals surface area contributed by atoms with Crippen LogP contribution in [0.15, 0.2) is 65.1 Å². The highest BCUT2D eigenvalue weighted by Gasteiger charge is 2.20. The molecule has 0 atom stereocenters. The van der Waals surface area contributed by atoms with Crippen LogP contribution in [0.25, 0.3) is 0 Å². The molecule has 34 heavy (non-hydrogen) atoms. The van der Waals surface area contributed by atoms with E-state index in [4.69, 9.17) is 14.2 Å². The first-order valence-corrected chi connectivity index (χ1v) is 11.7. The molecule has 1 saturated heterocycles. The summed E-state index contributed by atoms with van der Waals surface area (Å²) in [6, 6.07) is 15.3. The monoisotopic (exact) mass is 531 g/mol. The van der Waals surface area contributed by atoms with E-state index in [1.165, 1.54) is 24.3 Å². The number of morpholine rings is 1. The van der Waals surface area contributed by atoms with Crippen LogP contribution < -0.4 is 4.74 Å². The van der Waals surface area contributed by atoms with Crippen molar-refractivity contribution in [2.24, 2.45) is 0 Å². The minimum atomic E-state index is -0.558. The number of esters is 1. The van der Waals surface area contributed by atoms with Gasteiger partial charge in [-0.1, -0.05) is 40.2 Å². The fraction of sp³-hybridized carbons (Fsp3) is 0.269. The molecule has 0 amide bonds. The van der Waals surface area contributed by atoms with Crippen LogP contribution in [0.4, 0.5) is 8.78 Å². The lowest BCUT2D eigenvalue weighted by Gasteiger charge is -2.27. The average Bonchev–Trinajstić information content (AvgIpc) is 2.85. The second-order valence-electron chi connectivity index (χ2n) is 7.95. The zero-order chi connectivity index (χ0) is 23.9. The highest BCUT2D eigenvalue weighted by molar-refractivity contribution is 9.10. The third kappa shape index (κ3) is 6.62. The standard InChI is InChI=1S/C26H24BrF2NO4/c27-24-14-23(26(31)34-17-19-3-7-22(29)8-4-19)25(33-16-18-1-5-21(28)6-2-18)13-20(24)15-30-9-11-32-12-10-30/h1-8,13-14H,9-12,15-17H2. The number of carbonyl (C=O) groups excluding carboxylic acids is 1. The van der Waals surface area contributed by atoms with Gasteiger partial charge in [-0.15, -0.1) is 0 Å². The van der Waals surface area contributed by atoms with Crippen molar-refractivity contribution in [3.8, 4) is 5.75 Å². The predicted molar refractivity (Wildman–Crippen MR) is 126 cm³/mol. The second kappa shape index (κ2) is 11.6. The summed E-state index contributed by atoms with van der Waals surface area (Å²) in [6.07, 6.45) is 0. The Morgan fingerprint density at radius 2 is 1.50 bits per heavy atom. The van der Waals surface area contributed by atoms with Gasteiger partial charge in [0.25, 0.3) is 0 Å². The Labute approximate surface area is 205 Å². The van der Waals surface area contributed by atoms with E-state index in [0.717, 1.165) is 28.7 Å². The van der Waals surface area contributed by atoms with Crippen molar-refractivity contribution < 1.29 is 27.8 Å². The van der Waals surface area contributed by atoms with Gasteiger partial charge in [-0.2, -0.15) is 0 Å². The van der Waals surface area contributed by atoms with E-state index in [1.54, 1.807) is 30.3 Å². The summed E-state index contributed by atoms with van der Waals surface area (Å²) in [5.41, 5.74) is 2.67. The van der Waals surface area contributed by atoms with Gasteiger partial charge in [-0.05, 0) is 53.1 Å². The highest BCUT2D eigenvalue weighted by atomic mass is 79.9. The van der Waals surface area contributed by atoms with Crippen LogP contribution in [0.1, 0.15) is 27.0 Å². The van der Waals surface area contributed by atoms with Crippen LogP contribution in [0.2, 0.25) is 0 Å². The van der Waals surface area contributed by atoms with Crippen molar-refractivity contribution in [3.63, 3.8) is 0 Å². The van der Waals surface area contributed by atoms with Crippen molar-refractivity contribution >= 4 is 21.9 Å². The summed E-state index contributed by atoms with van der Waals surface area (Å²) in [6.45, 7) is 3.83. The van der Waals surface area contributed by atoms with Gasteiger partial charge in [0, 0.05) is 24.1 Å². The molecule has 3 aromatic carbocycles. The maximum Gasteiger partial charge on any atom is 0.342 e. The van der Waals surface area contributed by atoms with Crippen LogP contribution >= 0.6 is 15.9 Å². The van der Waals surface area contributed by atoms with Crippen LogP contribution in [0, 0.1) is 11.6 Å². The molecule has 1 aliphatic rings. The molecule has 0 N–H and O–H groups in total. The van der Waals surface area contributed by atoms with Crippen molar-refractivity contribution in [2.75, 3.05) is 26.3 Å². The Morgan fingerprint density at radius 3 is 2.12 bits per heavy atom. The molecule has 3 aromatic rings. The summed E-state index contributed by atoms with van der Waals surface area (Å²) in [5.74, 6) is -0.867. The quantitative estimate of drug-likeness (QED) is 0.359. The predicted octanol–water partition coefficient (Wildman–Crippen LogP) is 5.50. The molecule has 8 heteroatoms. The molecular formula is C26H24BrF2NO4. The summed E-state index contributed by atoms with van der Waals surface area (Å²) in [4.78, 5) is 15.2. The van der Waals surface area contributed by atoms with E-state index in [9.17, 15) is 13.6 Å². The van der Waals surface area contributed by atoms with Gasteiger partial charge in [0.05, 0.1) is 13.2 Å². The Balaban J connectivity index is 1.54. The number of hydrogen-bond acceptors (Lipinski definition) is 5. The smallest absolute Gasteiger partial charge is 0.342 e. The van der Waals surface area contributed by atoms with Crippen LogP contribution in [0.5, 0.6) is 5.75 Å². The normalized spacial score (nSPS) is 14.1. The Morgan fingerprint density at radius 1 is 0.912 bits per heavy atom. The Kier molecular flexibility index (Phi) is 8.26. The SMILES string of the molecule is O=C(OCc1ccc(F)cc1)c1cc(Br)c(CN2CCOCC2)cc1OCc1ccc(F)cc1. The lowest BCUT2D eigenvalue weighted by atomic mass is 10.1. The van der Waals surface area contributed by atoms with Crippen LogP contribution in [-0.2, 0) is 29.2 Å². The molecule has 0 aromatic heterocycles. The molecule has 4 rings (SSSR count).